The predicted molar refractivity (Wildman–Crippen MR) is 82.4 cm³/mol. The molecule has 1 aliphatic carbocycles. The number of fused-ring (bicyclic) bond motifs is 1. The minimum Gasteiger partial charge on any atom is -0.491 e. The van der Waals surface area contributed by atoms with Gasteiger partial charge in [-0.1, -0.05) is 13.0 Å². The van der Waals surface area contributed by atoms with E-state index in [0.29, 0.717) is 13.2 Å². The molecular formula is C17H27NO2. The van der Waals surface area contributed by atoms with Crippen LogP contribution in [0, 0.1) is 0 Å². The van der Waals surface area contributed by atoms with E-state index in [2.05, 4.69) is 24.4 Å². The normalized spacial score (nSPS) is 17.4. The topological polar surface area (TPSA) is 41.5 Å². The first kappa shape index (κ1) is 15.3. The molecule has 0 heterocycles. The van der Waals surface area contributed by atoms with E-state index in [4.69, 9.17) is 4.74 Å². The molecule has 2 N–H and O–H groups in total. The molecule has 20 heavy (non-hydrogen) atoms. The molecule has 1 aromatic carbocycles. The molecule has 1 unspecified atom stereocenters. The Morgan fingerprint density at radius 2 is 2.00 bits per heavy atom. The van der Waals surface area contributed by atoms with E-state index in [1.54, 1.807) is 0 Å². The van der Waals surface area contributed by atoms with E-state index in [9.17, 15) is 5.11 Å². The van der Waals surface area contributed by atoms with Crippen molar-refractivity contribution in [3.63, 3.8) is 0 Å². The molecule has 0 radical (unpaired) electrons. The number of hydrogen-bond acceptors (Lipinski definition) is 3. The lowest BCUT2D eigenvalue weighted by atomic mass is 9.92. The molecule has 2 rings (SSSR count). The second-order valence-electron chi connectivity index (χ2n) is 6.10. The minimum absolute atomic E-state index is 0.322. The Morgan fingerprint density at radius 1 is 1.25 bits per heavy atom. The minimum atomic E-state index is -0.828. The average molecular weight is 277 g/mol. The van der Waals surface area contributed by atoms with Crippen LogP contribution in [0.4, 0.5) is 0 Å². The SMILES string of the molecule is CCCNCC(C)(O)COc1ccc2c(c1)CCCC2. The molecule has 0 spiro atoms. The molecule has 0 aliphatic heterocycles. The van der Waals surface area contributed by atoms with E-state index in [1.165, 1.54) is 30.4 Å². The van der Waals surface area contributed by atoms with Gasteiger partial charge in [0, 0.05) is 6.54 Å². The highest BCUT2D eigenvalue weighted by atomic mass is 16.5. The Hall–Kier alpha value is -1.06. The van der Waals surface area contributed by atoms with Crippen LogP contribution in [-0.4, -0.2) is 30.4 Å². The highest BCUT2D eigenvalue weighted by Gasteiger charge is 2.21. The summed E-state index contributed by atoms with van der Waals surface area (Å²) in [5.74, 6) is 0.876. The maximum Gasteiger partial charge on any atom is 0.119 e. The molecule has 0 bridgehead atoms. The van der Waals surface area contributed by atoms with Gasteiger partial charge in [-0.2, -0.15) is 0 Å². The molecule has 3 heteroatoms. The molecule has 3 nitrogen and oxygen atoms in total. The van der Waals surface area contributed by atoms with Gasteiger partial charge in [0.05, 0.1) is 0 Å². The zero-order valence-corrected chi connectivity index (χ0v) is 12.7. The monoisotopic (exact) mass is 277 g/mol. The third-order valence-corrected chi connectivity index (χ3v) is 3.80. The second kappa shape index (κ2) is 7.09. The molecule has 1 aliphatic rings. The summed E-state index contributed by atoms with van der Waals surface area (Å²) in [4.78, 5) is 0. The van der Waals surface area contributed by atoms with Crippen molar-refractivity contribution >= 4 is 0 Å². The van der Waals surface area contributed by atoms with Gasteiger partial charge < -0.3 is 15.2 Å². The highest BCUT2D eigenvalue weighted by molar-refractivity contribution is 5.37. The molecule has 0 saturated heterocycles. The van der Waals surface area contributed by atoms with Crippen LogP contribution in [0.5, 0.6) is 5.75 Å². The van der Waals surface area contributed by atoms with Crippen LogP contribution in [0.15, 0.2) is 18.2 Å². The largest absolute Gasteiger partial charge is 0.491 e. The van der Waals surface area contributed by atoms with E-state index < -0.39 is 5.60 Å². The Morgan fingerprint density at radius 3 is 2.75 bits per heavy atom. The first-order chi connectivity index (χ1) is 9.61. The molecular weight excluding hydrogens is 250 g/mol. The van der Waals surface area contributed by atoms with Crippen molar-refractivity contribution in [3.05, 3.63) is 29.3 Å². The van der Waals surface area contributed by atoms with Gasteiger partial charge in [0.15, 0.2) is 0 Å². The zero-order chi connectivity index (χ0) is 14.4. The summed E-state index contributed by atoms with van der Waals surface area (Å²) >= 11 is 0. The molecule has 1 atom stereocenters. The quantitative estimate of drug-likeness (QED) is 0.753. The van der Waals surface area contributed by atoms with E-state index in [0.717, 1.165) is 25.1 Å². The standard InChI is InChI=1S/C17H27NO2/c1-3-10-18-12-17(2,19)13-20-16-9-8-14-6-4-5-7-15(14)11-16/h8-9,11,18-19H,3-7,10,12-13H2,1-2H3. The average Bonchev–Trinajstić information content (AvgIpc) is 2.45. The van der Waals surface area contributed by atoms with Crippen LogP contribution in [0.3, 0.4) is 0 Å². The van der Waals surface area contributed by atoms with Gasteiger partial charge >= 0.3 is 0 Å². The van der Waals surface area contributed by atoms with E-state index >= 15 is 0 Å². The Kier molecular flexibility index (Phi) is 5.44. The van der Waals surface area contributed by atoms with Gasteiger partial charge in [-0.25, -0.2) is 0 Å². The summed E-state index contributed by atoms with van der Waals surface area (Å²) in [6.07, 6.45) is 5.98. The summed E-state index contributed by atoms with van der Waals surface area (Å²) in [5, 5.41) is 13.5. The lowest BCUT2D eigenvalue weighted by molar-refractivity contribution is 0.0124. The molecule has 0 amide bonds. The van der Waals surface area contributed by atoms with Crippen LogP contribution in [0.2, 0.25) is 0 Å². The number of aryl methyl sites for hydroxylation is 2. The first-order valence-corrected chi connectivity index (χ1v) is 7.78. The lowest BCUT2D eigenvalue weighted by Crippen LogP contribution is -2.43. The zero-order valence-electron chi connectivity index (χ0n) is 12.7. The summed E-state index contributed by atoms with van der Waals surface area (Å²) in [7, 11) is 0. The Bertz CT molecular complexity index is 429. The van der Waals surface area contributed by atoms with Crippen molar-refractivity contribution < 1.29 is 9.84 Å². The fourth-order valence-corrected chi connectivity index (χ4v) is 2.62. The van der Waals surface area contributed by atoms with Crippen molar-refractivity contribution in [1.29, 1.82) is 0 Å². The summed E-state index contributed by atoms with van der Waals surface area (Å²) in [5.41, 5.74) is 2.04. The summed E-state index contributed by atoms with van der Waals surface area (Å²) in [6, 6.07) is 6.34. The number of rotatable bonds is 7. The number of aliphatic hydroxyl groups is 1. The Labute approximate surface area is 122 Å². The van der Waals surface area contributed by atoms with Gasteiger partial charge in [-0.05, 0) is 68.8 Å². The van der Waals surface area contributed by atoms with Crippen molar-refractivity contribution in [2.24, 2.45) is 0 Å². The van der Waals surface area contributed by atoms with Crippen LogP contribution < -0.4 is 10.1 Å². The number of ether oxygens (including phenoxy) is 1. The second-order valence-corrected chi connectivity index (χ2v) is 6.10. The van der Waals surface area contributed by atoms with Gasteiger partial charge in [0.1, 0.15) is 18.0 Å². The van der Waals surface area contributed by atoms with Gasteiger partial charge in [-0.15, -0.1) is 0 Å². The van der Waals surface area contributed by atoms with Gasteiger partial charge in [-0.3, -0.25) is 0 Å². The van der Waals surface area contributed by atoms with Crippen LogP contribution >= 0.6 is 0 Å². The van der Waals surface area contributed by atoms with E-state index in [-0.39, 0.29) is 0 Å². The van der Waals surface area contributed by atoms with Crippen molar-refractivity contribution in [3.8, 4) is 5.75 Å². The van der Waals surface area contributed by atoms with Crippen molar-refractivity contribution in [2.45, 2.75) is 51.6 Å². The number of nitrogens with one attached hydrogen (secondary N) is 1. The fourth-order valence-electron chi connectivity index (χ4n) is 2.62. The van der Waals surface area contributed by atoms with Crippen LogP contribution in [-0.2, 0) is 12.8 Å². The van der Waals surface area contributed by atoms with Gasteiger partial charge in [0.25, 0.3) is 0 Å². The third kappa shape index (κ3) is 4.50. The summed E-state index contributed by atoms with van der Waals surface area (Å²) < 4.78 is 5.78. The maximum atomic E-state index is 10.3. The maximum absolute atomic E-state index is 10.3. The molecule has 0 aromatic heterocycles. The molecule has 0 fully saturated rings. The predicted octanol–water partition coefficient (Wildman–Crippen LogP) is 2.69. The smallest absolute Gasteiger partial charge is 0.119 e. The lowest BCUT2D eigenvalue weighted by Gasteiger charge is -2.24. The highest BCUT2D eigenvalue weighted by Crippen LogP contribution is 2.25. The first-order valence-electron chi connectivity index (χ1n) is 7.78. The van der Waals surface area contributed by atoms with Crippen molar-refractivity contribution in [1.82, 2.24) is 5.32 Å². The molecule has 0 saturated carbocycles. The third-order valence-electron chi connectivity index (χ3n) is 3.80. The van der Waals surface area contributed by atoms with Gasteiger partial charge in [0.2, 0.25) is 0 Å². The number of hydrogen-bond donors (Lipinski definition) is 2. The fraction of sp³-hybridized carbons (Fsp3) is 0.647. The molecule has 1 aromatic rings. The molecule has 112 valence electrons. The summed E-state index contributed by atoms with van der Waals surface area (Å²) in [6.45, 7) is 5.74. The van der Waals surface area contributed by atoms with Crippen LogP contribution in [0.1, 0.15) is 44.2 Å². The number of benzene rings is 1. The van der Waals surface area contributed by atoms with Crippen LogP contribution in [0.25, 0.3) is 0 Å². The van der Waals surface area contributed by atoms with Crippen molar-refractivity contribution in [2.75, 3.05) is 19.7 Å². The Balaban J connectivity index is 1.87. The van der Waals surface area contributed by atoms with E-state index in [1.807, 2.05) is 13.0 Å².